The van der Waals surface area contributed by atoms with Gasteiger partial charge in [0.1, 0.15) is 5.01 Å². The first kappa shape index (κ1) is 18.3. The number of aryl methyl sites for hydroxylation is 1. The number of carbonyl (C=O) groups is 1. The zero-order chi connectivity index (χ0) is 19.3. The van der Waals surface area contributed by atoms with Crippen LogP contribution in [0.15, 0.2) is 59.8 Å². The van der Waals surface area contributed by atoms with Gasteiger partial charge in [0.2, 0.25) is 16.2 Å². The monoisotopic (exact) mass is 409 g/mol. The third-order valence-corrected chi connectivity index (χ3v) is 5.55. The highest BCUT2D eigenvalue weighted by Gasteiger charge is 2.13. The number of tetrazole rings is 1. The minimum atomic E-state index is -0.195. The van der Waals surface area contributed by atoms with Crippen LogP contribution >= 0.6 is 23.1 Å². The first-order valence-corrected chi connectivity index (χ1v) is 10.2. The molecular formula is C18H15N7OS2. The van der Waals surface area contributed by atoms with Gasteiger partial charge in [-0.25, -0.2) is 0 Å². The van der Waals surface area contributed by atoms with Crippen LogP contribution in [0.2, 0.25) is 0 Å². The summed E-state index contributed by atoms with van der Waals surface area (Å²) in [4.78, 5) is 12.3. The fourth-order valence-corrected chi connectivity index (χ4v) is 3.83. The summed E-state index contributed by atoms with van der Waals surface area (Å²) in [5, 5.41) is 24.4. The molecule has 0 radical (unpaired) electrons. The number of benzene rings is 2. The normalized spacial score (nSPS) is 10.8. The standard InChI is InChI=1S/C18H15N7OS2/c1-12-7-9-14(10-8-12)25-18(22-23-24-25)27-11-15(26)19-17-21-20-16(28-17)13-5-3-2-4-6-13/h2-10H,11H2,1H3,(H,19,21,26). The average molecular weight is 410 g/mol. The topological polar surface area (TPSA) is 98.5 Å². The van der Waals surface area contributed by atoms with Crippen LogP contribution in [-0.2, 0) is 4.79 Å². The first-order chi connectivity index (χ1) is 13.7. The van der Waals surface area contributed by atoms with Crippen LogP contribution in [0.1, 0.15) is 5.56 Å². The smallest absolute Gasteiger partial charge is 0.236 e. The molecule has 0 aliphatic carbocycles. The maximum absolute atomic E-state index is 12.3. The first-order valence-electron chi connectivity index (χ1n) is 8.36. The fourth-order valence-electron chi connectivity index (χ4n) is 2.37. The zero-order valence-corrected chi connectivity index (χ0v) is 16.4. The molecule has 10 heteroatoms. The summed E-state index contributed by atoms with van der Waals surface area (Å²) >= 11 is 2.58. The third kappa shape index (κ3) is 4.24. The van der Waals surface area contributed by atoms with E-state index in [0.29, 0.717) is 10.3 Å². The number of hydrogen-bond donors (Lipinski definition) is 1. The lowest BCUT2D eigenvalue weighted by molar-refractivity contribution is -0.113. The summed E-state index contributed by atoms with van der Waals surface area (Å²) in [6, 6.07) is 17.5. The lowest BCUT2D eigenvalue weighted by Crippen LogP contribution is -2.14. The number of amides is 1. The summed E-state index contributed by atoms with van der Waals surface area (Å²) in [6.07, 6.45) is 0. The molecule has 0 aliphatic rings. The SMILES string of the molecule is Cc1ccc(-n2nnnc2SCC(=O)Nc2nnc(-c3ccccc3)s2)cc1. The van der Waals surface area contributed by atoms with Crippen LogP contribution in [0.5, 0.6) is 0 Å². The van der Waals surface area contributed by atoms with Crippen LogP contribution in [-0.4, -0.2) is 42.1 Å². The molecule has 0 saturated carbocycles. The number of hydrogen-bond acceptors (Lipinski definition) is 8. The van der Waals surface area contributed by atoms with Gasteiger partial charge < -0.3 is 0 Å². The molecule has 0 saturated heterocycles. The van der Waals surface area contributed by atoms with Gasteiger partial charge in [-0.1, -0.05) is 71.1 Å². The minimum Gasteiger partial charge on any atom is -0.300 e. The Morgan fingerprint density at radius 3 is 2.64 bits per heavy atom. The Kier molecular flexibility index (Phi) is 5.40. The van der Waals surface area contributed by atoms with Gasteiger partial charge in [-0.05, 0) is 29.5 Å². The molecule has 4 rings (SSSR count). The lowest BCUT2D eigenvalue weighted by Gasteiger charge is -2.04. The summed E-state index contributed by atoms with van der Waals surface area (Å²) < 4.78 is 1.61. The van der Waals surface area contributed by atoms with Crippen molar-refractivity contribution in [1.82, 2.24) is 30.4 Å². The van der Waals surface area contributed by atoms with Crippen LogP contribution in [0, 0.1) is 6.92 Å². The van der Waals surface area contributed by atoms with Gasteiger partial charge in [-0.15, -0.1) is 15.3 Å². The van der Waals surface area contributed by atoms with Crippen LogP contribution in [0.4, 0.5) is 5.13 Å². The number of anilines is 1. The minimum absolute atomic E-state index is 0.159. The van der Waals surface area contributed by atoms with E-state index < -0.39 is 0 Å². The van der Waals surface area contributed by atoms with Crippen LogP contribution < -0.4 is 5.32 Å². The third-order valence-electron chi connectivity index (χ3n) is 3.74. The largest absolute Gasteiger partial charge is 0.300 e. The summed E-state index contributed by atoms with van der Waals surface area (Å²) in [5.41, 5.74) is 2.96. The molecule has 28 heavy (non-hydrogen) atoms. The van der Waals surface area contributed by atoms with Gasteiger partial charge in [0, 0.05) is 5.56 Å². The molecule has 4 aromatic rings. The molecule has 0 spiro atoms. The van der Waals surface area contributed by atoms with E-state index in [1.807, 2.05) is 61.5 Å². The molecule has 1 amide bonds. The van der Waals surface area contributed by atoms with Crippen LogP contribution in [0.3, 0.4) is 0 Å². The number of aromatic nitrogens is 6. The summed E-state index contributed by atoms with van der Waals surface area (Å²) in [5.74, 6) is -0.0360. The van der Waals surface area contributed by atoms with E-state index in [-0.39, 0.29) is 11.7 Å². The van der Waals surface area contributed by atoms with Crippen molar-refractivity contribution in [2.45, 2.75) is 12.1 Å². The Bertz CT molecular complexity index is 1080. The van der Waals surface area contributed by atoms with E-state index in [0.717, 1.165) is 21.8 Å². The highest BCUT2D eigenvalue weighted by atomic mass is 32.2. The Morgan fingerprint density at radius 2 is 1.86 bits per heavy atom. The average Bonchev–Trinajstić information content (AvgIpc) is 3.37. The van der Waals surface area contributed by atoms with Gasteiger partial charge in [0.25, 0.3) is 0 Å². The predicted octanol–water partition coefficient (Wildman–Crippen LogP) is 3.22. The Hall–Kier alpha value is -3.11. The van der Waals surface area contributed by atoms with E-state index in [2.05, 4.69) is 31.0 Å². The highest BCUT2D eigenvalue weighted by Crippen LogP contribution is 2.26. The van der Waals surface area contributed by atoms with Gasteiger partial charge in [-0.2, -0.15) is 4.68 Å². The van der Waals surface area contributed by atoms with Crippen molar-refractivity contribution >= 4 is 34.1 Å². The van der Waals surface area contributed by atoms with Crippen molar-refractivity contribution in [3.8, 4) is 16.3 Å². The molecular weight excluding hydrogens is 394 g/mol. The number of thioether (sulfide) groups is 1. The number of carbonyl (C=O) groups excluding carboxylic acids is 1. The van der Waals surface area contributed by atoms with Crippen molar-refractivity contribution in [3.05, 3.63) is 60.2 Å². The fraction of sp³-hybridized carbons (Fsp3) is 0.111. The molecule has 2 aromatic heterocycles. The number of nitrogens with zero attached hydrogens (tertiary/aromatic N) is 6. The van der Waals surface area contributed by atoms with E-state index in [1.54, 1.807) is 4.68 Å². The van der Waals surface area contributed by atoms with E-state index in [4.69, 9.17) is 0 Å². The van der Waals surface area contributed by atoms with Crippen molar-refractivity contribution in [3.63, 3.8) is 0 Å². The van der Waals surface area contributed by atoms with Gasteiger partial charge >= 0.3 is 0 Å². The molecule has 1 N–H and O–H groups in total. The lowest BCUT2D eigenvalue weighted by atomic mass is 10.2. The van der Waals surface area contributed by atoms with E-state index >= 15 is 0 Å². The van der Waals surface area contributed by atoms with Gasteiger partial charge in [0.05, 0.1) is 11.4 Å². The van der Waals surface area contributed by atoms with Crippen molar-refractivity contribution in [2.75, 3.05) is 11.1 Å². The Labute approximate surface area is 169 Å². The Balaban J connectivity index is 1.38. The quantitative estimate of drug-likeness (QED) is 0.488. The van der Waals surface area contributed by atoms with Crippen molar-refractivity contribution in [1.29, 1.82) is 0 Å². The summed E-state index contributed by atoms with van der Waals surface area (Å²) in [6.45, 7) is 2.01. The molecule has 0 bridgehead atoms. The second kappa shape index (κ2) is 8.28. The maximum atomic E-state index is 12.3. The summed E-state index contributed by atoms with van der Waals surface area (Å²) in [7, 11) is 0. The molecule has 8 nitrogen and oxygen atoms in total. The molecule has 0 atom stereocenters. The number of rotatable bonds is 6. The molecule has 140 valence electrons. The van der Waals surface area contributed by atoms with Gasteiger partial charge in [0.15, 0.2) is 0 Å². The molecule has 0 fully saturated rings. The zero-order valence-electron chi connectivity index (χ0n) is 14.8. The predicted molar refractivity (Wildman–Crippen MR) is 109 cm³/mol. The second-order valence-electron chi connectivity index (χ2n) is 5.82. The van der Waals surface area contributed by atoms with Crippen molar-refractivity contribution in [2.24, 2.45) is 0 Å². The van der Waals surface area contributed by atoms with Crippen molar-refractivity contribution < 1.29 is 4.79 Å². The van der Waals surface area contributed by atoms with E-state index in [1.165, 1.54) is 23.1 Å². The molecule has 0 aliphatic heterocycles. The maximum Gasteiger partial charge on any atom is 0.236 e. The Morgan fingerprint density at radius 1 is 1.07 bits per heavy atom. The van der Waals surface area contributed by atoms with Gasteiger partial charge in [-0.3, -0.25) is 10.1 Å². The van der Waals surface area contributed by atoms with E-state index in [9.17, 15) is 4.79 Å². The molecule has 2 aromatic carbocycles. The molecule has 0 unspecified atom stereocenters. The number of nitrogens with one attached hydrogen (secondary N) is 1. The molecule has 2 heterocycles. The van der Waals surface area contributed by atoms with Crippen LogP contribution in [0.25, 0.3) is 16.3 Å². The highest BCUT2D eigenvalue weighted by molar-refractivity contribution is 7.99. The second-order valence-corrected chi connectivity index (χ2v) is 7.74.